The van der Waals surface area contributed by atoms with Crippen LogP contribution in [0.1, 0.15) is 22.9 Å². The van der Waals surface area contributed by atoms with Gasteiger partial charge in [0.25, 0.3) is 0 Å². The summed E-state index contributed by atoms with van der Waals surface area (Å²) in [5, 5.41) is 17.7. The van der Waals surface area contributed by atoms with Crippen LogP contribution < -0.4 is 5.32 Å². The fourth-order valence-electron chi connectivity index (χ4n) is 2.07. The van der Waals surface area contributed by atoms with Gasteiger partial charge in [-0.15, -0.1) is 0 Å². The minimum absolute atomic E-state index is 0.0426. The molecule has 0 radical (unpaired) electrons. The summed E-state index contributed by atoms with van der Waals surface area (Å²) in [6.45, 7) is 2.55. The maximum atomic E-state index is 9.48. The number of aliphatic hydroxyl groups is 1. The highest BCUT2D eigenvalue weighted by atomic mass is 35.5. The Morgan fingerprint density at radius 2 is 2.05 bits per heavy atom. The van der Waals surface area contributed by atoms with Gasteiger partial charge in [0.05, 0.1) is 18.3 Å². The molecule has 1 heterocycles. The first-order valence-electron chi connectivity index (χ1n) is 6.20. The number of nitrogens with zero attached hydrogens (tertiary/aromatic N) is 2. The van der Waals surface area contributed by atoms with Crippen LogP contribution in [0, 0.1) is 6.92 Å². The molecule has 4 nitrogen and oxygen atoms in total. The first-order valence-corrected chi connectivity index (χ1v) is 6.58. The lowest BCUT2D eigenvalue weighted by Crippen LogP contribution is -2.24. The summed E-state index contributed by atoms with van der Waals surface area (Å²) >= 11 is 6.18. The minimum Gasteiger partial charge on any atom is -0.394 e. The van der Waals surface area contributed by atoms with Gasteiger partial charge in [0.15, 0.2) is 0 Å². The number of halogens is 1. The van der Waals surface area contributed by atoms with E-state index in [-0.39, 0.29) is 12.6 Å². The largest absolute Gasteiger partial charge is 0.394 e. The molecule has 0 saturated carbocycles. The Balaban J connectivity index is 2.08. The first kappa shape index (κ1) is 14.1. The molecule has 1 unspecified atom stereocenters. The summed E-state index contributed by atoms with van der Waals surface area (Å²) in [5.41, 5.74) is 2.94. The van der Waals surface area contributed by atoms with E-state index in [1.54, 1.807) is 4.68 Å². The second-order valence-corrected chi connectivity index (χ2v) is 4.86. The van der Waals surface area contributed by atoms with Gasteiger partial charge in [-0.05, 0) is 12.5 Å². The summed E-state index contributed by atoms with van der Waals surface area (Å²) in [4.78, 5) is 0. The third-order valence-electron chi connectivity index (χ3n) is 3.18. The summed E-state index contributed by atoms with van der Waals surface area (Å²) in [7, 11) is 1.82. The Kier molecular flexibility index (Phi) is 4.58. The number of hydrogen-bond acceptors (Lipinski definition) is 3. The van der Waals surface area contributed by atoms with Crippen molar-refractivity contribution in [3.63, 3.8) is 0 Å². The molecule has 2 aromatic rings. The van der Waals surface area contributed by atoms with E-state index >= 15 is 0 Å². The van der Waals surface area contributed by atoms with E-state index in [0.29, 0.717) is 11.7 Å². The van der Waals surface area contributed by atoms with Crippen molar-refractivity contribution in [1.82, 2.24) is 15.1 Å². The lowest BCUT2D eigenvalue weighted by Gasteiger charge is -2.16. The number of hydrogen-bond donors (Lipinski definition) is 2. The van der Waals surface area contributed by atoms with E-state index < -0.39 is 0 Å². The van der Waals surface area contributed by atoms with Crippen LogP contribution >= 0.6 is 11.6 Å². The van der Waals surface area contributed by atoms with Crippen LogP contribution in [0.3, 0.4) is 0 Å². The SMILES string of the molecule is Cc1nn(C)c(Cl)c1CNC(CO)c1ccccc1. The minimum atomic E-state index is -0.100. The number of rotatable bonds is 5. The van der Waals surface area contributed by atoms with Crippen molar-refractivity contribution in [3.05, 3.63) is 52.3 Å². The predicted molar refractivity (Wildman–Crippen MR) is 76.1 cm³/mol. The fourth-order valence-corrected chi connectivity index (χ4v) is 2.31. The van der Waals surface area contributed by atoms with Crippen LogP contribution in [-0.2, 0) is 13.6 Å². The molecule has 2 N–H and O–H groups in total. The number of nitrogens with one attached hydrogen (secondary N) is 1. The molecular formula is C14H18ClN3O. The Bertz CT molecular complexity index is 539. The van der Waals surface area contributed by atoms with Crippen molar-refractivity contribution in [2.45, 2.75) is 19.5 Å². The van der Waals surface area contributed by atoms with Crippen LogP contribution in [0.4, 0.5) is 0 Å². The number of aliphatic hydroxyl groups excluding tert-OH is 1. The molecule has 0 saturated heterocycles. The van der Waals surface area contributed by atoms with Crippen LogP contribution in [0.5, 0.6) is 0 Å². The molecule has 19 heavy (non-hydrogen) atoms. The highest BCUT2D eigenvalue weighted by molar-refractivity contribution is 6.30. The van der Waals surface area contributed by atoms with Crippen molar-refractivity contribution in [3.8, 4) is 0 Å². The summed E-state index contributed by atoms with van der Waals surface area (Å²) in [6.07, 6.45) is 0. The fraction of sp³-hybridized carbons (Fsp3) is 0.357. The average Bonchev–Trinajstić information content (AvgIpc) is 2.66. The maximum Gasteiger partial charge on any atom is 0.131 e. The van der Waals surface area contributed by atoms with Gasteiger partial charge in [-0.2, -0.15) is 5.10 Å². The van der Waals surface area contributed by atoms with Crippen LogP contribution in [0.25, 0.3) is 0 Å². The Morgan fingerprint density at radius 1 is 1.37 bits per heavy atom. The average molecular weight is 280 g/mol. The van der Waals surface area contributed by atoms with Gasteiger partial charge in [0.1, 0.15) is 5.15 Å². The zero-order chi connectivity index (χ0) is 13.8. The number of aromatic nitrogens is 2. The molecule has 2 rings (SSSR count). The van der Waals surface area contributed by atoms with Crippen molar-refractivity contribution in [1.29, 1.82) is 0 Å². The lowest BCUT2D eigenvalue weighted by atomic mass is 10.1. The molecule has 0 amide bonds. The third-order valence-corrected chi connectivity index (χ3v) is 3.65. The first-order chi connectivity index (χ1) is 9.13. The zero-order valence-electron chi connectivity index (χ0n) is 11.1. The van der Waals surface area contributed by atoms with Gasteiger partial charge in [0, 0.05) is 19.2 Å². The normalized spacial score (nSPS) is 12.6. The second-order valence-electron chi connectivity index (χ2n) is 4.51. The quantitative estimate of drug-likeness (QED) is 0.882. The topological polar surface area (TPSA) is 50.1 Å². The Hall–Kier alpha value is -1.36. The number of aryl methyl sites for hydroxylation is 2. The molecule has 1 atom stereocenters. The Morgan fingerprint density at radius 3 is 2.58 bits per heavy atom. The predicted octanol–water partition coefficient (Wildman–Crippen LogP) is 2.21. The molecule has 1 aromatic heterocycles. The zero-order valence-corrected chi connectivity index (χ0v) is 11.9. The van der Waals surface area contributed by atoms with E-state index in [1.807, 2.05) is 44.3 Å². The van der Waals surface area contributed by atoms with Crippen LogP contribution in [0.15, 0.2) is 30.3 Å². The maximum absolute atomic E-state index is 9.48. The molecular weight excluding hydrogens is 262 g/mol. The summed E-state index contributed by atoms with van der Waals surface area (Å²) < 4.78 is 1.66. The smallest absolute Gasteiger partial charge is 0.131 e. The molecule has 0 bridgehead atoms. The van der Waals surface area contributed by atoms with Crippen LogP contribution in [0.2, 0.25) is 5.15 Å². The molecule has 1 aromatic carbocycles. The van der Waals surface area contributed by atoms with Gasteiger partial charge in [-0.1, -0.05) is 41.9 Å². The van der Waals surface area contributed by atoms with Gasteiger partial charge < -0.3 is 10.4 Å². The Labute approximate surface area is 118 Å². The highest BCUT2D eigenvalue weighted by Crippen LogP contribution is 2.20. The van der Waals surface area contributed by atoms with Gasteiger partial charge >= 0.3 is 0 Å². The molecule has 0 fully saturated rings. The van der Waals surface area contributed by atoms with Gasteiger partial charge in [-0.25, -0.2) is 0 Å². The summed E-state index contributed by atoms with van der Waals surface area (Å²) in [5.74, 6) is 0. The molecule has 5 heteroatoms. The van der Waals surface area contributed by atoms with E-state index in [9.17, 15) is 5.11 Å². The standard InChI is InChI=1S/C14H18ClN3O/c1-10-12(14(15)18(2)17-10)8-16-13(9-19)11-6-4-3-5-7-11/h3-7,13,16,19H,8-9H2,1-2H3. The second kappa shape index (κ2) is 6.19. The van der Waals surface area contributed by atoms with Crippen molar-refractivity contribution >= 4 is 11.6 Å². The van der Waals surface area contributed by atoms with Crippen LogP contribution in [-0.4, -0.2) is 21.5 Å². The molecule has 0 aliphatic rings. The monoisotopic (exact) mass is 279 g/mol. The lowest BCUT2D eigenvalue weighted by molar-refractivity contribution is 0.243. The number of benzene rings is 1. The van der Waals surface area contributed by atoms with Crippen molar-refractivity contribution < 1.29 is 5.11 Å². The summed E-state index contributed by atoms with van der Waals surface area (Å²) in [6, 6.07) is 9.76. The highest BCUT2D eigenvalue weighted by Gasteiger charge is 2.14. The molecule has 0 spiro atoms. The van der Waals surface area contributed by atoms with E-state index in [4.69, 9.17) is 11.6 Å². The molecule has 102 valence electrons. The third kappa shape index (κ3) is 3.15. The molecule has 0 aliphatic carbocycles. The van der Waals surface area contributed by atoms with E-state index in [2.05, 4.69) is 10.4 Å². The van der Waals surface area contributed by atoms with E-state index in [1.165, 1.54) is 0 Å². The van der Waals surface area contributed by atoms with Gasteiger partial charge in [-0.3, -0.25) is 4.68 Å². The molecule has 0 aliphatic heterocycles. The van der Waals surface area contributed by atoms with Crippen molar-refractivity contribution in [2.24, 2.45) is 7.05 Å². The van der Waals surface area contributed by atoms with Crippen molar-refractivity contribution in [2.75, 3.05) is 6.61 Å². The van der Waals surface area contributed by atoms with Gasteiger partial charge in [0.2, 0.25) is 0 Å². The van der Waals surface area contributed by atoms with E-state index in [0.717, 1.165) is 16.8 Å².